The first-order chi connectivity index (χ1) is 8.90. The Bertz CT molecular complexity index is 458. The summed E-state index contributed by atoms with van der Waals surface area (Å²) in [7, 11) is 0. The lowest BCUT2D eigenvalue weighted by atomic mass is 9.98. The number of hydrogen-bond donors (Lipinski definition) is 3. The Kier molecular flexibility index (Phi) is 5.36. The zero-order valence-corrected chi connectivity index (χ0v) is 11.4. The van der Waals surface area contributed by atoms with Gasteiger partial charge in [-0.2, -0.15) is 0 Å². The van der Waals surface area contributed by atoms with Crippen LogP contribution < -0.4 is 10.6 Å². The van der Waals surface area contributed by atoms with E-state index in [0.29, 0.717) is 24.1 Å². The highest BCUT2D eigenvalue weighted by Gasteiger charge is 2.09. The van der Waals surface area contributed by atoms with Gasteiger partial charge in [-0.05, 0) is 30.0 Å². The number of carboxylic acid groups (broad SMARTS) is 1. The molecule has 0 fully saturated rings. The highest BCUT2D eigenvalue weighted by atomic mass is 16.4. The first-order valence-corrected chi connectivity index (χ1v) is 6.28. The number of nitrogens with one attached hydrogen (secondary N) is 2. The third kappa shape index (κ3) is 4.99. The smallest absolute Gasteiger partial charge is 0.335 e. The van der Waals surface area contributed by atoms with Crippen molar-refractivity contribution in [2.24, 2.45) is 11.8 Å². The van der Waals surface area contributed by atoms with Gasteiger partial charge in [-0.25, -0.2) is 9.59 Å². The predicted molar refractivity (Wildman–Crippen MR) is 74.4 cm³/mol. The van der Waals surface area contributed by atoms with E-state index in [2.05, 4.69) is 31.4 Å². The molecule has 19 heavy (non-hydrogen) atoms. The van der Waals surface area contributed by atoms with Gasteiger partial charge in [-0.3, -0.25) is 0 Å². The Hall–Kier alpha value is -2.04. The van der Waals surface area contributed by atoms with Crippen molar-refractivity contribution in [2.45, 2.75) is 20.8 Å². The predicted octanol–water partition coefficient (Wildman–Crippen LogP) is 2.80. The van der Waals surface area contributed by atoms with Gasteiger partial charge in [0.25, 0.3) is 0 Å². The Balaban J connectivity index is 2.53. The number of carboxylic acids is 1. The van der Waals surface area contributed by atoms with Crippen LogP contribution in [-0.4, -0.2) is 23.7 Å². The summed E-state index contributed by atoms with van der Waals surface area (Å²) >= 11 is 0. The minimum Gasteiger partial charge on any atom is -0.478 e. The van der Waals surface area contributed by atoms with Crippen molar-refractivity contribution in [1.82, 2.24) is 5.32 Å². The second-order valence-corrected chi connectivity index (χ2v) is 4.94. The van der Waals surface area contributed by atoms with Crippen LogP contribution in [0.1, 0.15) is 31.1 Å². The molecule has 104 valence electrons. The molecule has 0 aliphatic carbocycles. The average molecular weight is 264 g/mol. The maximum absolute atomic E-state index is 11.7. The van der Waals surface area contributed by atoms with Crippen LogP contribution in [0.15, 0.2) is 24.3 Å². The SMILES string of the molecule is CC(C)C(C)CNC(=O)Nc1cccc(C(=O)O)c1. The van der Waals surface area contributed by atoms with E-state index >= 15 is 0 Å². The molecule has 0 spiro atoms. The second kappa shape index (κ2) is 6.78. The molecule has 0 bridgehead atoms. The largest absolute Gasteiger partial charge is 0.478 e. The van der Waals surface area contributed by atoms with Crippen LogP contribution in [0.4, 0.5) is 10.5 Å². The van der Waals surface area contributed by atoms with E-state index in [9.17, 15) is 9.59 Å². The van der Waals surface area contributed by atoms with Crippen LogP contribution in [0.25, 0.3) is 0 Å². The zero-order chi connectivity index (χ0) is 14.4. The quantitative estimate of drug-likeness (QED) is 0.765. The Morgan fingerprint density at radius 2 is 1.95 bits per heavy atom. The summed E-state index contributed by atoms with van der Waals surface area (Å²) in [5.74, 6) is -0.135. The number of carbonyl (C=O) groups is 2. The summed E-state index contributed by atoms with van der Waals surface area (Å²) in [5.41, 5.74) is 0.614. The summed E-state index contributed by atoms with van der Waals surface area (Å²) in [5, 5.41) is 14.2. The van der Waals surface area contributed by atoms with Gasteiger partial charge in [0.15, 0.2) is 0 Å². The van der Waals surface area contributed by atoms with Gasteiger partial charge in [0.05, 0.1) is 5.56 Å². The van der Waals surface area contributed by atoms with Gasteiger partial charge in [0.1, 0.15) is 0 Å². The van der Waals surface area contributed by atoms with Crippen molar-refractivity contribution >= 4 is 17.7 Å². The molecule has 2 amide bonds. The molecule has 0 radical (unpaired) electrons. The number of carbonyl (C=O) groups excluding carboxylic acids is 1. The monoisotopic (exact) mass is 264 g/mol. The molecule has 1 rings (SSSR count). The molecule has 0 saturated carbocycles. The lowest BCUT2D eigenvalue weighted by Crippen LogP contribution is -2.33. The Morgan fingerprint density at radius 1 is 1.26 bits per heavy atom. The van der Waals surface area contributed by atoms with Crippen LogP contribution in [0.2, 0.25) is 0 Å². The number of aromatic carboxylic acids is 1. The molecular weight excluding hydrogens is 244 g/mol. The molecule has 1 aromatic rings. The molecule has 5 heteroatoms. The summed E-state index contributed by atoms with van der Waals surface area (Å²) in [4.78, 5) is 22.5. The number of rotatable bonds is 5. The Morgan fingerprint density at radius 3 is 2.53 bits per heavy atom. The van der Waals surface area contributed by atoms with Gasteiger partial charge >= 0.3 is 12.0 Å². The summed E-state index contributed by atoms with van der Waals surface area (Å²) in [6, 6.07) is 5.82. The van der Waals surface area contributed by atoms with Crippen LogP contribution in [-0.2, 0) is 0 Å². The fourth-order valence-electron chi connectivity index (χ4n) is 1.39. The molecule has 0 aromatic heterocycles. The number of anilines is 1. The molecule has 5 nitrogen and oxygen atoms in total. The minimum atomic E-state index is -1.02. The van der Waals surface area contributed by atoms with Crippen LogP contribution >= 0.6 is 0 Å². The summed E-state index contributed by atoms with van der Waals surface area (Å²) in [6.45, 7) is 6.85. The van der Waals surface area contributed by atoms with Gasteiger partial charge in [0.2, 0.25) is 0 Å². The molecule has 1 unspecified atom stereocenters. The number of amides is 2. The summed E-state index contributed by atoms with van der Waals surface area (Å²) in [6.07, 6.45) is 0. The standard InChI is InChI=1S/C14H20N2O3/c1-9(2)10(3)8-15-14(19)16-12-6-4-5-11(7-12)13(17)18/h4-7,9-10H,8H2,1-3H3,(H,17,18)(H2,15,16,19). The molecule has 1 aromatic carbocycles. The molecule has 1 atom stereocenters. The van der Waals surface area contributed by atoms with Crippen LogP contribution in [0.5, 0.6) is 0 Å². The van der Waals surface area contributed by atoms with Gasteiger partial charge in [-0.15, -0.1) is 0 Å². The number of hydrogen-bond acceptors (Lipinski definition) is 2. The van der Waals surface area contributed by atoms with E-state index in [1.165, 1.54) is 12.1 Å². The molecule has 0 aliphatic heterocycles. The maximum Gasteiger partial charge on any atom is 0.335 e. The molecular formula is C14H20N2O3. The van der Waals surface area contributed by atoms with Crippen molar-refractivity contribution in [2.75, 3.05) is 11.9 Å². The van der Waals surface area contributed by atoms with E-state index in [-0.39, 0.29) is 11.6 Å². The fourth-order valence-corrected chi connectivity index (χ4v) is 1.39. The van der Waals surface area contributed by atoms with E-state index in [4.69, 9.17) is 5.11 Å². The van der Waals surface area contributed by atoms with Crippen molar-refractivity contribution in [3.63, 3.8) is 0 Å². The second-order valence-electron chi connectivity index (χ2n) is 4.94. The van der Waals surface area contributed by atoms with Crippen molar-refractivity contribution in [1.29, 1.82) is 0 Å². The van der Waals surface area contributed by atoms with E-state index in [0.717, 1.165) is 0 Å². The highest BCUT2D eigenvalue weighted by molar-refractivity contribution is 5.93. The van der Waals surface area contributed by atoms with E-state index < -0.39 is 5.97 Å². The zero-order valence-electron chi connectivity index (χ0n) is 11.4. The average Bonchev–Trinajstić information content (AvgIpc) is 2.36. The number of urea groups is 1. The molecule has 0 heterocycles. The van der Waals surface area contributed by atoms with Gasteiger partial charge in [-0.1, -0.05) is 26.8 Å². The van der Waals surface area contributed by atoms with E-state index in [1.807, 2.05) is 0 Å². The number of benzene rings is 1. The van der Waals surface area contributed by atoms with E-state index in [1.54, 1.807) is 12.1 Å². The lowest BCUT2D eigenvalue weighted by molar-refractivity contribution is 0.0697. The Labute approximate surface area is 113 Å². The highest BCUT2D eigenvalue weighted by Crippen LogP contribution is 2.11. The normalized spacial score (nSPS) is 12.0. The molecule has 3 N–H and O–H groups in total. The van der Waals surface area contributed by atoms with Crippen LogP contribution in [0, 0.1) is 11.8 Å². The van der Waals surface area contributed by atoms with Gasteiger partial charge in [0, 0.05) is 12.2 Å². The first-order valence-electron chi connectivity index (χ1n) is 6.28. The minimum absolute atomic E-state index is 0.147. The molecule has 0 aliphatic rings. The maximum atomic E-state index is 11.7. The first kappa shape index (κ1) is 15.0. The topological polar surface area (TPSA) is 78.4 Å². The fraction of sp³-hybridized carbons (Fsp3) is 0.429. The van der Waals surface area contributed by atoms with Crippen LogP contribution in [0.3, 0.4) is 0 Å². The summed E-state index contributed by atoms with van der Waals surface area (Å²) < 4.78 is 0. The lowest BCUT2D eigenvalue weighted by Gasteiger charge is -2.16. The van der Waals surface area contributed by atoms with Crippen molar-refractivity contribution in [3.8, 4) is 0 Å². The van der Waals surface area contributed by atoms with Crippen molar-refractivity contribution < 1.29 is 14.7 Å². The molecule has 0 saturated heterocycles. The van der Waals surface area contributed by atoms with Crippen molar-refractivity contribution in [3.05, 3.63) is 29.8 Å². The third-order valence-corrected chi connectivity index (χ3v) is 3.09. The van der Waals surface area contributed by atoms with Gasteiger partial charge < -0.3 is 15.7 Å². The third-order valence-electron chi connectivity index (χ3n) is 3.09.